The molecule has 0 radical (unpaired) electrons. The van der Waals surface area contributed by atoms with Crippen LogP contribution in [0.2, 0.25) is 0 Å². The molecular formula is C15H18O5. The monoisotopic (exact) mass is 278 g/mol. The number of aliphatic hydroxyl groups is 2. The first-order valence-electron chi connectivity index (χ1n) is 6.89. The summed E-state index contributed by atoms with van der Waals surface area (Å²) in [5.41, 5.74) is 1.92. The Kier molecular flexibility index (Phi) is 3.06. The van der Waals surface area contributed by atoms with Gasteiger partial charge in [0.05, 0.1) is 18.6 Å². The number of ketones is 1. The second-order valence-electron chi connectivity index (χ2n) is 5.94. The maximum Gasteiger partial charge on any atom is 0.309 e. The molecular weight excluding hydrogens is 260 g/mol. The highest BCUT2D eigenvalue weighted by molar-refractivity contribution is 6.09. The molecule has 5 atom stereocenters. The lowest BCUT2D eigenvalue weighted by Crippen LogP contribution is -2.35. The number of ether oxygens (including phenoxy) is 1. The van der Waals surface area contributed by atoms with Crippen molar-refractivity contribution >= 4 is 11.8 Å². The molecule has 0 aromatic rings. The summed E-state index contributed by atoms with van der Waals surface area (Å²) in [6.07, 6.45) is 0.482. The van der Waals surface area contributed by atoms with E-state index >= 15 is 0 Å². The van der Waals surface area contributed by atoms with Gasteiger partial charge in [0.2, 0.25) is 0 Å². The average molecular weight is 278 g/mol. The van der Waals surface area contributed by atoms with Gasteiger partial charge < -0.3 is 14.9 Å². The Hall–Kier alpha value is -1.46. The van der Waals surface area contributed by atoms with E-state index in [1.165, 1.54) is 0 Å². The lowest BCUT2D eigenvalue weighted by atomic mass is 9.80. The molecule has 0 aromatic heterocycles. The number of hydrogen-bond donors (Lipinski definition) is 2. The number of rotatable bonds is 1. The van der Waals surface area contributed by atoms with Gasteiger partial charge in [0.25, 0.3) is 0 Å². The Bertz CT molecular complexity index is 544. The summed E-state index contributed by atoms with van der Waals surface area (Å²) in [5.74, 6) is -1.50. The van der Waals surface area contributed by atoms with Crippen molar-refractivity contribution in [3.8, 4) is 0 Å². The molecule has 0 amide bonds. The smallest absolute Gasteiger partial charge is 0.309 e. The van der Waals surface area contributed by atoms with Gasteiger partial charge in [-0.15, -0.1) is 0 Å². The molecule has 1 saturated heterocycles. The Balaban J connectivity index is 2.12. The maximum atomic E-state index is 12.1. The van der Waals surface area contributed by atoms with Crippen molar-refractivity contribution < 1.29 is 24.5 Å². The van der Waals surface area contributed by atoms with E-state index in [-0.39, 0.29) is 36.6 Å². The molecule has 0 unspecified atom stereocenters. The molecule has 0 spiro atoms. The minimum Gasteiger partial charge on any atom is -0.461 e. The van der Waals surface area contributed by atoms with E-state index in [0.717, 1.165) is 5.57 Å². The summed E-state index contributed by atoms with van der Waals surface area (Å²) in [5, 5.41) is 19.9. The predicted molar refractivity (Wildman–Crippen MR) is 69.5 cm³/mol. The van der Waals surface area contributed by atoms with Crippen LogP contribution >= 0.6 is 0 Å². The van der Waals surface area contributed by atoms with Crippen LogP contribution in [-0.2, 0) is 14.3 Å². The zero-order valence-corrected chi connectivity index (χ0v) is 11.5. The van der Waals surface area contributed by atoms with Gasteiger partial charge in [-0.3, -0.25) is 9.59 Å². The van der Waals surface area contributed by atoms with Gasteiger partial charge in [-0.05, 0) is 25.0 Å². The highest BCUT2D eigenvalue weighted by atomic mass is 16.6. The van der Waals surface area contributed by atoms with E-state index in [1.807, 2.05) is 6.92 Å². The zero-order valence-electron chi connectivity index (χ0n) is 11.5. The molecule has 5 heteroatoms. The van der Waals surface area contributed by atoms with Crippen LogP contribution in [-0.4, -0.2) is 40.8 Å². The number of fused-ring (bicyclic) bond motifs is 3. The first-order chi connectivity index (χ1) is 9.45. The van der Waals surface area contributed by atoms with E-state index in [2.05, 4.69) is 0 Å². The molecule has 1 fully saturated rings. The summed E-state index contributed by atoms with van der Waals surface area (Å²) >= 11 is 0. The van der Waals surface area contributed by atoms with Crippen molar-refractivity contribution in [2.45, 2.75) is 32.5 Å². The van der Waals surface area contributed by atoms with E-state index in [1.54, 1.807) is 13.0 Å². The highest BCUT2D eigenvalue weighted by Gasteiger charge is 2.54. The lowest BCUT2D eigenvalue weighted by molar-refractivity contribution is -0.144. The molecule has 3 rings (SSSR count). The molecule has 2 aliphatic carbocycles. The van der Waals surface area contributed by atoms with Crippen LogP contribution < -0.4 is 0 Å². The molecule has 1 heterocycles. The van der Waals surface area contributed by atoms with Crippen molar-refractivity contribution in [3.05, 3.63) is 22.8 Å². The fourth-order valence-electron chi connectivity index (χ4n) is 3.83. The fraction of sp³-hybridized carbons (Fsp3) is 0.600. The number of aliphatic hydroxyl groups excluding tert-OH is 2. The van der Waals surface area contributed by atoms with Crippen LogP contribution in [0, 0.1) is 17.8 Å². The molecule has 20 heavy (non-hydrogen) atoms. The van der Waals surface area contributed by atoms with Crippen LogP contribution in [0.3, 0.4) is 0 Å². The summed E-state index contributed by atoms with van der Waals surface area (Å²) < 4.78 is 5.45. The largest absolute Gasteiger partial charge is 0.461 e. The second-order valence-corrected chi connectivity index (χ2v) is 5.94. The maximum absolute atomic E-state index is 12.1. The first kappa shape index (κ1) is 13.5. The van der Waals surface area contributed by atoms with Gasteiger partial charge in [-0.2, -0.15) is 0 Å². The second kappa shape index (κ2) is 4.53. The van der Waals surface area contributed by atoms with E-state index in [0.29, 0.717) is 11.1 Å². The summed E-state index contributed by atoms with van der Waals surface area (Å²) in [7, 11) is 0. The van der Waals surface area contributed by atoms with Crippen LogP contribution in [0.5, 0.6) is 0 Å². The van der Waals surface area contributed by atoms with Crippen molar-refractivity contribution in [3.63, 3.8) is 0 Å². The average Bonchev–Trinajstić information content (AvgIpc) is 2.79. The Morgan fingerprint density at radius 2 is 2.10 bits per heavy atom. The van der Waals surface area contributed by atoms with Gasteiger partial charge in [0, 0.05) is 17.4 Å². The molecule has 0 bridgehead atoms. The summed E-state index contributed by atoms with van der Waals surface area (Å²) in [6.45, 7) is 3.32. The van der Waals surface area contributed by atoms with Gasteiger partial charge in [0.1, 0.15) is 6.10 Å². The van der Waals surface area contributed by atoms with E-state index in [9.17, 15) is 19.8 Å². The highest BCUT2D eigenvalue weighted by Crippen LogP contribution is 2.47. The van der Waals surface area contributed by atoms with E-state index < -0.39 is 18.1 Å². The zero-order chi connectivity index (χ0) is 14.6. The molecule has 0 aromatic carbocycles. The minimum absolute atomic E-state index is 0.139. The van der Waals surface area contributed by atoms with Crippen LogP contribution in [0.1, 0.15) is 20.3 Å². The topological polar surface area (TPSA) is 83.8 Å². The lowest BCUT2D eigenvalue weighted by Gasteiger charge is -2.26. The first-order valence-corrected chi connectivity index (χ1v) is 6.89. The van der Waals surface area contributed by atoms with Crippen molar-refractivity contribution in [1.82, 2.24) is 0 Å². The third-order valence-corrected chi connectivity index (χ3v) is 4.81. The van der Waals surface area contributed by atoms with Crippen LogP contribution in [0.25, 0.3) is 0 Å². The van der Waals surface area contributed by atoms with Crippen LogP contribution in [0.4, 0.5) is 0 Å². The third-order valence-electron chi connectivity index (χ3n) is 4.81. The molecule has 2 N–H and O–H groups in total. The molecule has 108 valence electrons. The number of carbonyl (C=O) groups excluding carboxylic acids is 2. The molecule has 5 nitrogen and oxygen atoms in total. The number of hydrogen-bond acceptors (Lipinski definition) is 5. The summed E-state index contributed by atoms with van der Waals surface area (Å²) in [6, 6.07) is 0. The Morgan fingerprint density at radius 1 is 1.40 bits per heavy atom. The van der Waals surface area contributed by atoms with Gasteiger partial charge in [-0.1, -0.05) is 12.5 Å². The van der Waals surface area contributed by atoms with Gasteiger partial charge in [0.15, 0.2) is 5.78 Å². The molecule has 3 aliphatic rings. The molecule has 1 aliphatic heterocycles. The fourth-order valence-corrected chi connectivity index (χ4v) is 3.83. The summed E-state index contributed by atoms with van der Waals surface area (Å²) in [4.78, 5) is 24.0. The molecule has 0 saturated carbocycles. The van der Waals surface area contributed by atoms with Gasteiger partial charge >= 0.3 is 5.97 Å². The normalized spacial score (nSPS) is 40.2. The quantitative estimate of drug-likeness (QED) is 0.677. The Labute approximate surface area is 116 Å². The van der Waals surface area contributed by atoms with Crippen molar-refractivity contribution in [2.24, 2.45) is 17.8 Å². The number of allylic oxidation sites excluding steroid dienone is 1. The van der Waals surface area contributed by atoms with Crippen LogP contribution in [0.15, 0.2) is 22.8 Å². The van der Waals surface area contributed by atoms with Gasteiger partial charge in [-0.25, -0.2) is 0 Å². The van der Waals surface area contributed by atoms with Crippen molar-refractivity contribution in [1.29, 1.82) is 0 Å². The predicted octanol–water partition coefficient (Wildman–Crippen LogP) is 0.363. The Morgan fingerprint density at radius 3 is 2.75 bits per heavy atom. The number of carbonyl (C=O) groups is 2. The van der Waals surface area contributed by atoms with E-state index in [4.69, 9.17) is 4.74 Å². The SMILES string of the molecule is CC1=CC(=O)C2=C(CO)C[C@H](O)[C@@H]3[C@H](OC(=O)[C@H]3C)[C@@H]12. The minimum atomic E-state index is -0.776. The third kappa shape index (κ3) is 1.70. The van der Waals surface area contributed by atoms with Crippen molar-refractivity contribution in [2.75, 3.05) is 6.61 Å². The number of esters is 1. The standard InChI is InChI=1S/C15H18O5/c1-6-3-9(17)13-8(5-16)4-10(18)12-7(2)15(19)20-14(12)11(6)13/h3,7,10-12,14,16,18H,4-5H2,1-2H3/t7-,10-,11-,12+,14+/m0/s1.